The Hall–Kier alpha value is -3.02. The molecule has 0 aromatic heterocycles. The molecule has 0 atom stereocenters. The Morgan fingerprint density at radius 2 is 1.71 bits per heavy atom. The summed E-state index contributed by atoms with van der Waals surface area (Å²) in [5.41, 5.74) is 0.737. The van der Waals surface area contributed by atoms with Crippen molar-refractivity contribution in [2.45, 2.75) is 26.3 Å². The van der Waals surface area contributed by atoms with Crippen LogP contribution in [-0.4, -0.2) is 32.6 Å². The van der Waals surface area contributed by atoms with Crippen LogP contribution in [0.3, 0.4) is 0 Å². The second-order valence-corrected chi connectivity index (χ2v) is 6.84. The van der Waals surface area contributed by atoms with Crippen LogP contribution in [0.5, 0.6) is 11.5 Å². The van der Waals surface area contributed by atoms with E-state index >= 15 is 0 Å². The van der Waals surface area contributed by atoms with Gasteiger partial charge >= 0.3 is 0 Å². The molecule has 2 aromatic carbocycles. The van der Waals surface area contributed by atoms with Gasteiger partial charge in [0.05, 0.1) is 14.2 Å². The Kier molecular flexibility index (Phi) is 5.87. The number of ether oxygens (including phenoxy) is 2. The maximum Gasteiger partial charge on any atom is 0.242 e. The fourth-order valence-corrected chi connectivity index (χ4v) is 3.31. The largest absolute Gasteiger partial charge is 0.493 e. The van der Waals surface area contributed by atoms with Crippen molar-refractivity contribution in [3.05, 3.63) is 54.1 Å². The van der Waals surface area contributed by atoms with Gasteiger partial charge in [-0.3, -0.25) is 9.59 Å². The van der Waals surface area contributed by atoms with Gasteiger partial charge in [-0.05, 0) is 49.6 Å². The highest BCUT2D eigenvalue weighted by Crippen LogP contribution is 2.48. The van der Waals surface area contributed by atoms with E-state index < -0.39 is 5.41 Å². The summed E-state index contributed by atoms with van der Waals surface area (Å²) in [5.74, 6) is 0.883. The molecule has 3 rings (SSSR count). The first-order valence-corrected chi connectivity index (χ1v) is 9.42. The van der Waals surface area contributed by atoms with Gasteiger partial charge in [0.15, 0.2) is 11.5 Å². The minimum absolute atomic E-state index is 0.133. The number of para-hydroxylation sites is 1. The molecule has 0 bridgehead atoms. The molecule has 1 fully saturated rings. The monoisotopic (exact) mass is 382 g/mol. The van der Waals surface area contributed by atoms with E-state index in [1.807, 2.05) is 49.4 Å². The van der Waals surface area contributed by atoms with E-state index in [0.717, 1.165) is 11.3 Å². The van der Waals surface area contributed by atoms with Crippen molar-refractivity contribution in [3.8, 4) is 11.5 Å². The molecule has 0 unspecified atom stereocenters. The third-order valence-corrected chi connectivity index (χ3v) is 5.12. The number of nitrogens with zero attached hydrogens (tertiary/aromatic N) is 1. The molecule has 0 radical (unpaired) electrons. The summed E-state index contributed by atoms with van der Waals surface area (Å²) >= 11 is 0. The summed E-state index contributed by atoms with van der Waals surface area (Å²) in [5, 5.41) is 2.92. The van der Waals surface area contributed by atoms with Crippen LogP contribution in [0.2, 0.25) is 0 Å². The highest BCUT2D eigenvalue weighted by molar-refractivity contribution is 6.14. The van der Waals surface area contributed by atoms with Gasteiger partial charge in [-0.1, -0.05) is 24.3 Å². The minimum Gasteiger partial charge on any atom is -0.493 e. The second-order valence-electron chi connectivity index (χ2n) is 6.84. The van der Waals surface area contributed by atoms with E-state index in [4.69, 9.17) is 9.47 Å². The molecule has 0 aliphatic heterocycles. The number of rotatable bonds is 8. The third kappa shape index (κ3) is 3.81. The highest BCUT2D eigenvalue weighted by Gasteiger charge is 2.57. The van der Waals surface area contributed by atoms with Crippen LogP contribution in [0.4, 0.5) is 5.69 Å². The molecular formula is C22H26N2O4. The van der Waals surface area contributed by atoms with Crippen molar-refractivity contribution < 1.29 is 19.1 Å². The molecule has 6 heteroatoms. The van der Waals surface area contributed by atoms with Crippen LogP contribution < -0.4 is 19.7 Å². The molecule has 6 nitrogen and oxygen atoms in total. The average Bonchev–Trinajstić information content (AvgIpc) is 3.55. The second kappa shape index (κ2) is 8.33. The SMILES string of the molecule is CCN(C(=O)C1(C(=O)NCc2ccc(OC)c(OC)c2)CC1)c1ccccc1. The first kappa shape index (κ1) is 19.7. The van der Waals surface area contributed by atoms with Crippen molar-refractivity contribution >= 4 is 17.5 Å². The maximum atomic E-state index is 13.1. The lowest BCUT2D eigenvalue weighted by Gasteiger charge is -2.26. The van der Waals surface area contributed by atoms with Gasteiger partial charge in [0.25, 0.3) is 0 Å². The first-order valence-electron chi connectivity index (χ1n) is 9.42. The summed E-state index contributed by atoms with van der Waals surface area (Å²) in [7, 11) is 3.15. The van der Waals surface area contributed by atoms with Gasteiger partial charge in [0.1, 0.15) is 5.41 Å². The number of amides is 2. The van der Waals surface area contributed by atoms with Crippen molar-refractivity contribution in [3.63, 3.8) is 0 Å². The zero-order valence-electron chi connectivity index (χ0n) is 16.5. The molecule has 2 amide bonds. The first-order chi connectivity index (χ1) is 13.6. The molecule has 148 valence electrons. The van der Waals surface area contributed by atoms with E-state index in [1.165, 1.54) is 0 Å². The van der Waals surface area contributed by atoms with Gasteiger partial charge < -0.3 is 19.7 Å². The third-order valence-electron chi connectivity index (χ3n) is 5.12. The molecule has 2 aromatic rings. The van der Waals surface area contributed by atoms with Crippen LogP contribution in [0.15, 0.2) is 48.5 Å². The lowest BCUT2D eigenvalue weighted by Crippen LogP contribution is -2.45. The van der Waals surface area contributed by atoms with Crippen LogP contribution in [0.1, 0.15) is 25.3 Å². The summed E-state index contributed by atoms with van der Waals surface area (Å²) in [6.07, 6.45) is 1.15. The zero-order chi connectivity index (χ0) is 20.1. The Balaban J connectivity index is 1.69. The standard InChI is InChI=1S/C22H26N2O4/c1-4-24(17-8-6-5-7-9-17)21(26)22(12-13-22)20(25)23-15-16-10-11-18(27-2)19(14-16)28-3/h5-11,14H,4,12-13,15H2,1-3H3,(H,23,25). The molecule has 1 N–H and O–H groups in total. The zero-order valence-corrected chi connectivity index (χ0v) is 16.5. The van der Waals surface area contributed by atoms with E-state index in [-0.39, 0.29) is 11.8 Å². The maximum absolute atomic E-state index is 13.1. The summed E-state index contributed by atoms with van der Waals surface area (Å²) in [6, 6.07) is 15.0. The van der Waals surface area contributed by atoms with Gasteiger partial charge in [-0.25, -0.2) is 0 Å². The Morgan fingerprint density at radius 3 is 2.29 bits per heavy atom. The van der Waals surface area contributed by atoms with Gasteiger partial charge in [-0.15, -0.1) is 0 Å². The van der Waals surface area contributed by atoms with E-state index in [1.54, 1.807) is 25.2 Å². The molecule has 1 aliphatic rings. The van der Waals surface area contributed by atoms with Crippen molar-refractivity contribution in [2.75, 3.05) is 25.7 Å². The highest BCUT2D eigenvalue weighted by atomic mass is 16.5. The molecule has 0 spiro atoms. The molecule has 28 heavy (non-hydrogen) atoms. The van der Waals surface area contributed by atoms with Crippen LogP contribution >= 0.6 is 0 Å². The van der Waals surface area contributed by atoms with E-state index in [9.17, 15) is 9.59 Å². The van der Waals surface area contributed by atoms with Crippen LogP contribution in [-0.2, 0) is 16.1 Å². The molecule has 0 heterocycles. The predicted molar refractivity (Wildman–Crippen MR) is 108 cm³/mol. The lowest BCUT2D eigenvalue weighted by atomic mass is 10.0. The topological polar surface area (TPSA) is 67.9 Å². The smallest absolute Gasteiger partial charge is 0.242 e. The number of carbonyl (C=O) groups is 2. The fourth-order valence-electron chi connectivity index (χ4n) is 3.31. The minimum atomic E-state index is -0.956. The predicted octanol–water partition coefficient (Wildman–Crippen LogP) is 3.15. The number of benzene rings is 2. The average molecular weight is 382 g/mol. The number of carbonyl (C=O) groups excluding carboxylic acids is 2. The van der Waals surface area contributed by atoms with E-state index in [2.05, 4.69) is 5.32 Å². The summed E-state index contributed by atoms with van der Waals surface area (Å²) < 4.78 is 10.5. The number of hydrogen-bond acceptors (Lipinski definition) is 4. The Morgan fingerprint density at radius 1 is 1.04 bits per heavy atom. The number of nitrogens with one attached hydrogen (secondary N) is 1. The van der Waals surface area contributed by atoms with Crippen LogP contribution in [0.25, 0.3) is 0 Å². The Labute approximate surface area is 165 Å². The number of hydrogen-bond donors (Lipinski definition) is 1. The van der Waals surface area contributed by atoms with Gasteiger partial charge in [0.2, 0.25) is 11.8 Å². The molecule has 0 saturated heterocycles. The molecular weight excluding hydrogens is 356 g/mol. The molecule has 1 saturated carbocycles. The fraction of sp³-hybridized carbons (Fsp3) is 0.364. The van der Waals surface area contributed by atoms with Crippen molar-refractivity contribution in [2.24, 2.45) is 5.41 Å². The Bertz CT molecular complexity index is 847. The summed E-state index contributed by atoms with van der Waals surface area (Å²) in [6.45, 7) is 2.77. The quantitative estimate of drug-likeness (QED) is 0.712. The van der Waals surface area contributed by atoms with Gasteiger partial charge in [0, 0.05) is 18.8 Å². The van der Waals surface area contributed by atoms with Crippen LogP contribution in [0, 0.1) is 5.41 Å². The van der Waals surface area contributed by atoms with Crippen molar-refractivity contribution in [1.82, 2.24) is 5.32 Å². The number of methoxy groups -OCH3 is 2. The van der Waals surface area contributed by atoms with Gasteiger partial charge in [-0.2, -0.15) is 0 Å². The molecule has 1 aliphatic carbocycles. The van der Waals surface area contributed by atoms with E-state index in [0.29, 0.717) is 37.4 Å². The van der Waals surface area contributed by atoms with Crippen molar-refractivity contribution in [1.29, 1.82) is 0 Å². The summed E-state index contributed by atoms with van der Waals surface area (Å²) in [4.78, 5) is 27.7. The lowest BCUT2D eigenvalue weighted by molar-refractivity contribution is -0.135. The normalized spacial score (nSPS) is 14.1. The number of anilines is 1.